The van der Waals surface area contributed by atoms with E-state index in [9.17, 15) is 4.79 Å². The lowest BCUT2D eigenvalue weighted by Gasteiger charge is -2.40. The lowest BCUT2D eigenvalue weighted by atomic mass is 9.74. The molecule has 35 heavy (non-hydrogen) atoms. The van der Waals surface area contributed by atoms with Crippen molar-refractivity contribution in [2.45, 2.75) is 31.1 Å². The number of methoxy groups -OCH3 is 1. The molecule has 0 bridgehead atoms. The van der Waals surface area contributed by atoms with Crippen LogP contribution in [0, 0.1) is 11.8 Å². The number of benzene rings is 3. The normalized spacial score (nSPS) is 25.6. The van der Waals surface area contributed by atoms with E-state index >= 15 is 0 Å². The Morgan fingerprint density at radius 2 is 1.69 bits per heavy atom. The molecule has 2 aliphatic rings. The number of halogens is 1. The SMILES string of the molecule is COc1ccc(C2CC(C(=O)NCCc3ccccc3)C3C(NNC3c3ccc(Cl)cc3)N2)cc1. The Morgan fingerprint density at radius 1 is 0.971 bits per heavy atom. The number of carbonyl (C=O) groups excluding carboxylic acids is 1. The monoisotopic (exact) mass is 490 g/mol. The Bertz CT molecular complexity index is 1120. The average molecular weight is 491 g/mol. The molecule has 3 aromatic rings. The summed E-state index contributed by atoms with van der Waals surface area (Å²) in [4.78, 5) is 13.6. The summed E-state index contributed by atoms with van der Waals surface area (Å²) in [5.41, 5.74) is 10.3. The summed E-state index contributed by atoms with van der Waals surface area (Å²) in [6.45, 7) is 0.615. The molecule has 6 nitrogen and oxygen atoms in total. The molecule has 0 radical (unpaired) electrons. The van der Waals surface area contributed by atoms with Crippen LogP contribution in [-0.2, 0) is 11.2 Å². The van der Waals surface area contributed by atoms with E-state index in [1.165, 1.54) is 5.56 Å². The van der Waals surface area contributed by atoms with Crippen molar-refractivity contribution in [2.75, 3.05) is 13.7 Å². The third-order valence-electron chi connectivity index (χ3n) is 7.14. The fourth-order valence-corrected chi connectivity index (χ4v) is 5.44. The molecule has 2 fully saturated rings. The van der Waals surface area contributed by atoms with E-state index in [1.807, 2.05) is 54.6 Å². The van der Waals surface area contributed by atoms with Gasteiger partial charge in [0.05, 0.1) is 19.3 Å². The van der Waals surface area contributed by atoms with Crippen molar-refractivity contribution in [3.63, 3.8) is 0 Å². The van der Waals surface area contributed by atoms with Crippen molar-refractivity contribution in [3.05, 3.63) is 101 Å². The molecular formula is C28H31ClN4O2. The summed E-state index contributed by atoms with van der Waals surface area (Å²) in [5.74, 6) is 0.788. The maximum atomic E-state index is 13.6. The standard InChI is InChI=1S/C28H31ClN4O2/c1-35-22-13-9-19(10-14-22)24-17-23(28(34)30-16-15-18-5-3-2-4-6-18)25-26(32-33-27(25)31-24)20-7-11-21(29)12-8-20/h2-14,23-27,31-33H,15-17H2,1H3,(H,30,34). The number of amides is 1. The van der Waals surface area contributed by atoms with Gasteiger partial charge < -0.3 is 10.1 Å². The maximum absolute atomic E-state index is 13.6. The summed E-state index contributed by atoms with van der Waals surface area (Å²) in [6.07, 6.45) is 1.46. The van der Waals surface area contributed by atoms with E-state index in [1.54, 1.807) is 7.11 Å². The molecule has 2 heterocycles. The molecule has 2 aliphatic heterocycles. The summed E-state index contributed by atoms with van der Waals surface area (Å²) < 4.78 is 5.32. The number of carbonyl (C=O) groups is 1. The van der Waals surface area contributed by atoms with Crippen LogP contribution in [0.2, 0.25) is 5.02 Å². The topological polar surface area (TPSA) is 74.4 Å². The van der Waals surface area contributed by atoms with Crippen LogP contribution in [-0.4, -0.2) is 25.7 Å². The highest BCUT2D eigenvalue weighted by molar-refractivity contribution is 6.30. The number of piperidine rings is 1. The lowest BCUT2D eigenvalue weighted by Crippen LogP contribution is -2.54. The number of hydrogen-bond acceptors (Lipinski definition) is 5. The van der Waals surface area contributed by atoms with Crippen LogP contribution in [0.15, 0.2) is 78.9 Å². The van der Waals surface area contributed by atoms with Gasteiger partial charge in [-0.15, -0.1) is 0 Å². The third kappa shape index (κ3) is 5.36. The van der Waals surface area contributed by atoms with Crippen LogP contribution in [0.5, 0.6) is 5.75 Å². The molecule has 0 saturated carbocycles. The largest absolute Gasteiger partial charge is 0.497 e. The predicted molar refractivity (Wildman–Crippen MR) is 138 cm³/mol. The van der Waals surface area contributed by atoms with Crippen LogP contribution in [0.25, 0.3) is 0 Å². The minimum atomic E-state index is -0.174. The van der Waals surface area contributed by atoms with Crippen molar-refractivity contribution < 1.29 is 9.53 Å². The Hall–Kier alpha value is -2.90. The molecule has 5 atom stereocenters. The maximum Gasteiger partial charge on any atom is 0.223 e. The highest BCUT2D eigenvalue weighted by Crippen LogP contribution is 2.42. The molecule has 5 unspecified atom stereocenters. The highest BCUT2D eigenvalue weighted by Gasteiger charge is 2.49. The predicted octanol–water partition coefficient (Wildman–Crippen LogP) is 4.15. The van der Waals surface area contributed by atoms with E-state index in [4.69, 9.17) is 16.3 Å². The molecule has 7 heteroatoms. The number of nitrogens with one attached hydrogen (secondary N) is 4. The number of fused-ring (bicyclic) bond motifs is 1. The Morgan fingerprint density at radius 3 is 2.40 bits per heavy atom. The van der Waals surface area contributed by atoms with Crippen LogP contribution in [0.4, 0.5) is 0 Å². The van der Waals surface area contributed by atoms with Gasteiger partial charge in [-0.2, -0.15) is 0 Å². The Balaban J connectivity index is 1.36. The second kappa shape index (κ2) is 10.8. The van der Waals surface area contributed by atoms with E-state index in [2.05, 4.69) is 45.8 Å². The van der Waals surface area contributed by atoms with Crippen LogP contribution >= 0.6 is 11.6 Å². The molecule has 182 valence electrons. The van der Waals surface area contributed by atoms with Gasteiger partial charge in [0.25, 0.3) is 0 Å². The molecular weight excluding hydrogens is 460 g/mol. The zero-order valence-corrected chi connectivity index (χ0v) is 20.5. The first-order chi connectivity index (χ1) is 17.1. The van der Waals surface area contributed by atoms with Gasteiger partial charge in [0, 0.05) is 29.4 Å². The molecule has 0 spiro atoms. The van der Waals surface area contributed by atoms with Gasteiger partial charge in [-0.05, 0) is 53.8 Å². The minimum Gasteiger partial charge on any atom is -0.497 e. The van der Waals surface area contributed by atoms with Crippen LogP contribution < -0.4 is 26.2 Å². The molecule has 5 rings (SSSR count). The summed E-state index contributed by atoms with van der Waals surface area (Å²) in [5, 5.41) is 7.65. The molecule has 0 aliphatic carbocycles. The zero-order chi connectivity index (χ0) is 24.2. The van der Waals surface area contributed by atoms with Crippen LogP contribution in [0.1, 0.15) is 35.2 Å². The average Bonchev–Trinajstić information content (AvgIpc) is 3.33. The Labute approximate surface area is 211 Å². The summed E-state index contributed by atoms with van der Waals surface area (Å²) >= 11 is 6.13. The lowest BCUT2D eigenvalue weighted by molar-refractivity contribution is -0.128. The van der Waals surface area contributed by atoms with Gasteiger partial charge in [-0.1, -0.05) is 66.2 Å². The second-order valence-electron chi connectivity index (χ2n) is 9.23. The number of hydrogen-bond donors (Lipinski definition) is 4. The van der Waals surface area contributed by atoms with E-state index in [0.29, 0.717) is 18.0 Å². The molecule has 4 N–H and O–H groups in total. The third-order valence-corrected chi connectivity index (χ3v) is 7.39. The zero-order valence-electron chi connectivity index (χ0n) is 19.7. The van der Waals surface area contributed by atoms with Gasteiger partial charge in [0.15, 0.2) is 0 Å². The first kappa shape index (κ1) is 23.8. The first-order valence-electron chi connectivity index (χ1n) is 12.1. The molecule has 2 saturated heterocycles. The van der Waals surface area contributed by atoms with E-state index in [0.717, 1.165) is 23.3 Å². The Kier molecular flexibility index (Phi) is 7.35. The smallest absolute Gasteiger partial charge is 0.223 e. The highest BCUT2D eigenvalue weighted by atomic mass is 35.5. The number of rotatable bonds is 7. The molecule has 3 aromatic carbocycles. The fourth-order valence-electron chi connectivity index (χ4n) is 5.31. The first-order valence-corrected chi connectivity index (χ1v) is 12.5. The van der Waals surface area contributed by atoms with Crippen molar-refractivity contribution in [2.24, 2.45) is 11.8 Å². The van der Waals surface area contributed by atoms with Gasteiger partial charge in [0.1, 0.15) is 5.75 Å². The van der Waals surface area contributed by atoms with E-state index < -0.39 is 0 Å². The van der Waals surface area contributed by atoms with Gasteiger partial charge in [-0.3, -0.25) is 10.1 Å². The summed E-state index contributed by atoms with van der Waals surface area (Å²) in [6, 6.07) is 26.2. The fraction of sp³-hybridized carbons (Fsp3) is 0.321. The number of hydrazine groups is 1. The van der Waals surface area contributed by atoms with Gasteiger partial charge in [-0.25, -0.2) is 10.9 Å². The molecule has 0 aromatic heterocycles. The van der Waals surface area contributed by atoms with Crippen molar-refractivity contribution in [3.8, 4) is 5.75 Å². The van der Waals surface area contributed by atoms with Gasteiger partial charge >= 0.3 is 0 Å². The number of ether oxygens (including phenoxy) is 1. The second-order valence-corrected chi connectivity index (χ2v) is 9.67. The van der Waals surface area contributed by atoms with Crippen molar-refractivity contribution in [1.82, 2.24) is 21.5 Å². The van der Waals surface area contributed by atoms with E-state index in [-0.39, 0.29) is 36.0 Å². The van der Waals surface area contributed by atoms with Crippen molar-refractivity contribution in [1.29, 1.82) is 0 Å². The molecule has 1 amide bonds. The summed E-state index contributed by atoms with van der Waals surface area (Å²) in [7, 11) is 1.67. The van der Waals surface area contributed by atoms with Gasteiger partial charge in [0.2, 0.25) is 5.91 Å². The quantitative estimate of drug-likeness (QED) is 0.400. The van der Waals surface area contributed by atoms with Crippen molar-refractivity contribution >= 4 is 17.5 Å². The minimum absolute atomic E-state index is 0.00791. The van der Waals surface area contributed by atoms with Crippen LogP contribution in [0.3, 0.4) is 0 Å².